The maximum absolute atomic E-state index is 13.1. The third-order valence-electron chi connectivity index (χ3n) is 5.86. The minimum atomic E-state index is -3.82. The first-order valence-electron chi connectivity index (χ1n) is 11.7. The number of carbonyl (C=O) groups is 2. The van der Waals surface area contributed by atoms with Gasteiger partial charge in [0.15, 0.2) is 0 Å². The fourth-order valence-corrected chi connectivity index (χ4v) is 4.90. The highest BCUT2D eigenvalue weighted by molar-refractivity contribution is 7.92. The topological polar surface area (TPSA) is 104 Å². The van der Waals surface area contributed by atoms with E-state index in [1.807, 2.05) is 37.3 Å². The van der Waals surface area contributed by atoms with Gasteiger partial charge in [0.2, 0.25) is 0 Å². The van der Waals surface area contributed by atoms with Crippen LogP contribution in [0.15, 0.2) is 108 Å². The quantitative estimate of drug-likeness (QED) is 0.288. The summed E-state index contributed by atoms with van der Waals surface area (Å²) < 4.78 is 28.1. The van der Waals surface area contributed by atoms with Gasteiger partial charge in [-0.2, -0.15) is 0 Å². The number of para-hydroxylation sites is 1. The van der Waals surface area contributed by atoms with Crippen LogP contribution in [-0.2, 0) is 10.0 Å². The van der Waals surface area contributed by atoms with Gasteiger partial charge >= 0.3 is 0 Å². The molecular weight excluding hydrogens is 486 g/mol. The zero-order valence-corrected chi connectivity index (χ0v) is 21.3. The van der Waals surface area contributed by atoms with Crippen LogP contribution in [0.4, 0.5) is 11.4 Å². The standard InChI is InChI=1S/C29H27N3O4S/c1-20-17-18-23(19-27(20)32-37(35,36)24-13-7-4-8-14-24)28(33)31-26-16-10-9-15-25(26)29(34)30-21(2)22-11-5-3-6-12-22/h3-19,21,32H,1-2H3,(H,30,34)(H,31,33)/t21-/m0/s1. The molecule has 0 aliphatic rings. The molecule has 2 amide bonds. The molecule has 4 aromatic rings. The Labute approximate surface area is 216 Å². The number of anilines is 2. The molecular formula is C29H27N3O4S. The highest BCUT2D eigenvalue weighted by atomic mass is 32.2. The molecule has 0 aliphatic heterocycles. The Morgan fingerprint density at radius 3 is 2.05 bits per heavy atom. The van der Waals surface area contributed by atoms with Crippen LogP contribution in [-0.4, -0.2) is 20.2 Å². The van der Waals surface area contributed by atoms with Gasteiger partial charge in [-0.1, -0.05) is 66.7 Å². The zero-order valence-electron chi connectivity index (χ0n) is 20.4. The average Bonchev–Trinajstić information content (AvgIpc) is 2.91. The normalized spacial score (nSPS) is 11.8. The molecule has 188 valence electrons. The summed E-state index contributed by atoms with van der Waals surface area (Å²) in [6, 6.07) is 28.8. The predicted octanol–water partition coefficient (Wildman–Crippen LogP) is 5.54. The Hall–Kier alpha value is -4.43. The Bertz CT molecular complexity index is 1520. The lowest BCUT2D eigenvalue weighted by Crippen LogP contribution is -2.28. The van der Waals surface area contributed by atoms with Crippen LogP contribution in [0.1, 0.15) is 44.8 Å². The molecule has 0 radical (unpaired) electrons. The molecule has 0 saturated heterocycles. The van der Waals surface area contributed by atoms with Crippen LogP contribution in [0.2, 0.25) is 0 Å². The van der Waals surface area contributed by atoms with Gasteiger partial charge in [-0.15, -0.1) is 0 Å². The van der Waals surface area contributed by atoms with Crippen molar-refractivity contribution in [1.29, 1.82) is 0 Å². The first kappa shape index (κ1) is 25.7. The van der Waals surface area contributed by atoms with Crippen molar-refractivity contribution in [2.45, 2.75) is 24.8 Å². The second-order valence-corrected chi connectivity index (χ2v) is 10.2. The second kappa shape index (κ2) is 11.1. The molecule has 4 aromatic carbocycles. The summed E-state index contributed by atoms with van der Waals surface area (Å²) in [5, 5.41) is 5.74. The van der Waals surface area contributed by atoms with E-state index in [9.17, 15) is 18.0 Å². The Morgan fingerprint density at radius 2 is 1.35 bits per heavy atom. The summed E-state index contributed by atoms with van der Waals surface area (Å²) in [5.41, 5.74) is 2.81. The van der Waals surface area contributed by atoms with Crippen LogP contribution >= 0.6 is 0 Å². The van der Waals surface area contributed by atoms with Gasteiger partial charge in [-0.3, -0.25) is 14.3 Å². The summed E-state index contributed by atoms with van der Waals surface area (Å²) in [6.07, 6.45) is 0. The fraction of sp³-hybridized carbons (Fsp3) is 0.103. The van der Waals surface area contributed by atoms with Crippen molar-refractivity contribution in [3.63, 3.8) is 0 Å². The highest BCUT2D eigenvalue weighted by Gasteiger charge is 2.19. The average molecular weight is 514 g/mol. The van der Waals surface area contributed by atoms with Gasteiger partial charge in [-0.05, 0) is 61.4 Å². The summed E-state index contributed by atoms with van der Waals surface area (Å²) in [6.45, 7) is 3.64. The maximum Gasteiger partial charge on any atom is 0.261 e. The lowest BCUT2D eigenvalue weighted by molar-refractivity contribution is 0.0940. The van der Waals surface area contributed by atoms with Gasteiger partial charge < -0.3 is 10.6 Å². The van der Waals surface area contributed by atoms with E-state index >= 15 is 0 Å². The largest absolute Gasteiger partial charge is 0.345 e. The Kier molecular flexibility index (Phi) is 7.69. The monoisotopic (exact) mass is 513 g/mol. The maximum atomic E-state index is 13.1. The summed E-state index contributed by atoms with van der Waals surface area (Å²) in [5.74, 6) is -0.802. The zero-order chi connectivity index (χ0) is 26.4. The van der Waals surface area contributed by atoms with E-state index in [-0.39, 0.29) is 22.4 Å². The van der Waals surface area contributed by atoms with Gasteiger partial charge in [0, 0.05) is 5.56 Å². The number of sulfonamides is 1. The number of nitrogens with one attached hydrogen (secondary N) is 3. The third kappa shape index (κ3) is 6.23. The van der Waals surface area contributed by atoms with Gasteiger partial charge in [0.25, 0.3) is 21.8 Å². The first-order chi connectivity index (χ1) is 17.7. The second-order valence-electron chi connectivity index (χ2n) is 8.55. The smallest absolute Gasteiger partial charge is 0.261 e. The number of benzene rings is 4. The Balaban J connectivity index is 1.52. The van der Waals surface area contributed by atoms with E-state index in [0.717, 1.165) is 5.56 Å². The molecule has 0 bridgehead atoms. The molecule has 1 atom stereocenters. The van der Waals surface area contributed by atoms with Crippen LogP contribution < -0.4 is 15.4 Å². The molecule has 0 spiro atoms. The molecule has 0 aromatic heterocycles. The highest BCUT2D eigenvalue weighted by Crippen LogP contribution is 2.23. The van der Waals surface area contributed by atoms with Crippen molar-refractivity contribution in [1.82, 2.24) is 5.32 Å². The van der Waals surface area contributed by atoms with Crippen molar-refractivity contribution < 1.29 is 18.0 Å². The molecule has 0 saturated carbocycles. The van der Waals surface area contributed by atoms with Gasteiger partial charge in [0.05, 0.1) is 27.9 Å². The lowest BCUT2D eigenvalue weighted by atomic mass is 10.1. The van der Waals surface area contributed by atoms with Crippen molar-refractivity contribution in [3.05, 3.63) is 125 Å². The van der Waals surface area contributed by atoms with Crippen LogP contribution in [0.3, 0.4) is 0 Å². The number of carbonyl (C=O) groups excluding carboxylic acids is 2. The van der Waals surface area contributed by atoms with Crippen LogP contribution in [0, 0.1) is 6.92 Å². The molecule has 37 heavy (non-hydrogen) atoms. The molecule has 0 heterocycles. The number of aryl methyl sites for hydroxylation is 1. The predicted molar refractivity (Wildman–Crippen MR) is 145 cm³/mol. The van der Waals surface area contributed by atoms with E-state index in [0.29, 0.717) is 22.5 Å². The first-order valence-corrected chi connectivity index (χ1v) is 13.2. The van der Waals surface area contributed by atoms with Crippen molar-refractivity contribution in [2.75, 3.05) is 10.0 Å². The van der Waals surface area contributed by atoms with Gasteiger partial charge in [-0.25, -0.2) is 8.42 Å². The number of hydrogen-bond acceptors (Lipinski definition) is 4. The van der Waals surface area contributed by atoms with E-state index in [2.05, 4.69) is 15.4 Å². The van der Waals surface area contributed by atoms with Gasteiger partial charge in [0.1, 0.15) is 0 Å². The molecule has 3 N–H and O–H groups in total. The lowest BCUT2D eigenvalue weighted by Gasteiger charge is -2.17. The number of hydrogen-bond donors (Lipinski definition) is 3. The molecule has 0 unspecified atom stereocenters. The molecule has 8 heteroatoms. The summed E-state index contributed by atoms with van der Waals surface area (Å²) in [4.78, 5) is 26.2. The van der Waals surface area contributed by atoms with Crippen LogP contribution in [0.25, 0.3) is 0 Å². The third-order valence-corrected chi connectivity index (χ3v) is 7.25. The van der Waals surface area contributed by atoms with Crippen LogP contribution in [0.5, 0.6) is 0 Å². The summed E-state index contributed by atoms with van der Waals surface area (Å²) >= 11 is 0. The minimum absolute atomic E-state index is 0.119. The fourth-order valence-electron chi connectivity index (χ4n) is 3.76. The molecule has 0 fully saturated rings. The van der Waals surface area contributed by atoms with E-state index < -0.39 is 15.9 Å². The van der Waals surface area contributed by atoms with Crippen molar-refractivity contribution in [2.24, 2.45) is 0 Å². The van der Waals surface area contributed by atoms with E-state index in [1.165, 1.54) is 18.2 Å². The number of amides is 2. The molecule has 0 aliphatic carbocycles. The minimum Gasteiger partial charge on any atom is -0.345 e. The Morgan fingerprint density at radius 1 is 0.730 bits per heavy atom. The SMILES string of the molecule is Cc1ccc(C(=O)Nc2ccccc2C(=O)N[C@@H](C)c2ccccc2)cc1NS(=O)(=O)c1ccccc1. The number of rotatable bonds is 8. The van der Waals surface area contributed by atoms with Crippen molar-refractivity contribution in [3.8, 4) is 0 Å². The van der Waals surface area contributed by atoms with E-state index in [1.54, 1.807) is 61.5 Å². The van der Waals surface area contributed by atoms with Crippen molar-refractivity contribution >= 4 is 33.2 Å². The molecule has 4 rings (SSSR count). The van der Waals surface area contributed by atoms with E-state index in [4.69, 9.17) is 0 Å². The molecule has 7 nitrogen and oxygen atoms in total. The summed E-state index contributed by atoms with van der Waals surface area (Å²) in [7, 11) is -3.82.